The fourth-order valence-electron chi connectivity index (χ4n) is 3.29. The monoisotopic (exact) mass is 333 g/mol. The standard InChI is InChI=1S/C18H24ClN3O/c19-15-2-3-17-16(11-15)14(12-22-17)7-10-21-18(23)4-1-13-5-8-20-9-6-13/h2-3,11-13,20,22H,1,4-10H2,(H,21,23). The number of carbonyl (C=O) groups excluding carboxylic acids is 1. The van der Waals surface area contributed by atoms with Crippen LogP contribution in [0.15, 0.2) is 24.4 Å². The van der Waals surface area contributed by atoms with E-state index in [0.29, 0.717) is 18.9 Å². The Hall–Kier alpha value is -1.52. The molecule has 0 saturated carbocycles. The Kier molecular flexibility index (Phi) is 5.57. The maximum Gasteiger partial charge on any atom is 0.220 e. The number of hydrogen-bond donors (Lipinski definition) is 3. The van der Waals surface area contributed by atoms with Gasteiger partial charge in [0, 0.05) is 35.1 Å². The number of aromatic nitrogens is 1. The molecule has 1 aromatic heterocycles. The van der Waals surface area contributed by atoms with Crippen molar-refractivity contribution in [1.82, 2.24) is 15.6 Å². The molecule has 1 amide bonds. The molecule has 124 valence electrons. The molecule has 0 spiro atoms. The van der Waals surface area contributed by atoms with Gasteiger partial charge in [-0.3, -0.25) is 4.79 Å². The van der Waals surface area contributed by atoms with Crippen LogP contribution < -0.4 is 10.6 Å². The van der Waals surface area contributed by atoms with E-state index in [9.17, 15) is 4.79 Å². The van der Waals surface area contributed by atoms with Gasteiger partial charge in [0.25, 0.3) is 0 Å². The first-order valence-electron chi connectivity index (χ1n) is 8.45. The van der Waals surface area contributed by atoms with E-state index in [1.165, 1.54) is 18.4 Å². The number of amides is 1. The molecule has 4 nitrogen and oxygen atoms in total. The molecule has 1 aliphatic rings. The van der Waals surface area contributed by atoms with E-state index in [1.54, 1.807) is 0 Å². The first kappa shape index (κ1) is 16.3. The predicted molar refractivity (Wildman–Crippen MR) is 94.9 cm³/mol. The maximum absolute atomic E-state index is 12.0. The van der Waals surface area contributed by atoms with Gasteiger partial charge >= 0.3 is 0 Å². The van der Waals surface area contributed by atoms with E-state index in [0.717, 1.165) is 41.9 Å². The van der Waals surface area contributed by atoms with Gasteiger partial charge in [-0.2, -0.15) is 0 Å². The maximum atomic E-state index is 12.0. The molecule has 1 fully saturated rings. The number of piperidine rings is 1. The Morgan fingerprint density at radius 2 is 2.13 bits per heavy atom. The summed E-state index contributed by atoms with van der Waals surface area (Å²) in [6.07, 6.45) is 6.87. The Morgan fingerprint density at radius 1 is 1.30 bits per heavy atom. The third-order valence-corrected chi connectivity index (χ3v) is 4.92. The highest BCUT2D eigenvalue weighted by atomic mass is 35.5. The molecule has 3 N–H and O–H groups in total. The van der Waals surface area contributed by atoms with Crippen LogP contribution in [-0.4, -0.2) is 30.5 Å². The van der Waals surface area contributed by atoms with Gasteiger partial charge in [-0.1, -0.05) is 11.6 Å². The molecule has 2 aromatic rings. The molecule has 23 heavy (non-hydrogen) atoms. The fraction of sp³-hybridized carbons (Fsp3) is 0.500. The van der Waals surface area contributed by atoms with Crippen LogP contribution in [0.3, 0.4) is 0 Å². The zero-order valence-corrected chi connectivity index (χ0v) is 14.1. The number of halogens is 1. The van der Waals surface area contributed by atoms with Crippen LogP contribution in [0.1, 0.15) is 31.2 Å². The highest BCUT2D eigenvalue weighted by molar-refractivity contribution is 6.31. The number of rotatable bonds is 6. The predicted octanol–water partition coefficient (Wildman–Crippen LogP) is 3.26. The number of hydrogen-bond acceptors (Lipinski definition) is 2. The van der Waals surface area contributed by atoms with Crippen molar-refractivity contribution in [2.24, 2.45) is 5.92 Å². The Morgan fingerprint density at radius 3 is 2.96 bits per heavy atom. The second-order valence-corrected chi connectivity index (χ2v) is 6.77. The lowest BCUT2D eigenvalue weighted by atomic mass is 9.93. The van der Waals surface area contributed by atoms with Crippen molar-refractivity contribution in [2.75, 3.05) is 19.6 Å². The average Bonchev–Trinajstić information content (AvgIpc) is 2.96. The molecule has 3 rings (SSSR count). The van der Waals surface area contributed by atoms with Gasteiger partial charge in [0.2, 0.25) is 5.91 Å². The SMILES string of the molecule is O=C(CCC1CCNCC1)NCCc1c[nH]c2ccc(Cl)cc12. The second-order valence-electron chi connectivity index (χ2n) is 6.34. The molecule has 0 radical (unpaired) electrons. The summed E-state index contributed by atoms with van der Waals surface area (Å²) in [5.41, 5.74) is 2.28. The normalized spacial score (nSPS) is 15.9. The molecule has 1 aliphatic heterocycles. The van der Waals surface area contributed by atoms with E-state index < -0.39 is 0 Å². The van der Waals surface area contributed by atoms with Gasteiger partial charge in [-0.05, 0) is 68.5 Å². The van der Waals surface area contributed by atoms with Crippen molar-refractivity contribution in [3.63, 3.8) is 0 Å². The number of aromatic amines is 1. The van der Waals surface area contributed by atoms with Crippen LogP contribution in [0.25, 0.3) is 10.9 Å². The molecule has 0 atom stereocenters. The highest BCUT2D eigenvalue weighted by Crippen LogP contribution is 2.22. The number of H-pyrrole nitrogens is 1. The number of benzene rings is 1. The second kappa shape index (κ2) is 7.84. The summed E-state index contributed by atoms with van der Waals surface area (Å²) in [5.74, 6) is 0.874. The van der Waals surface area contributed by atoms with Crippen molar-refractivity contribution in [1.29, 1.82) is 0 Å². The summed E-state index contributed by atoms with van der Waals surface area (Å²) in [7, 11) is 0. The van der Waals surface area contributed by atoms with Crippen LogP contribution >= 0.6 is 11.6 Å². The minimum Gasteiger partial charge on any atom is -0.361 e. The molecule has 5 heteroatoms. The van der Waals surface area contributed by atoms with E-state index in [1.807, 2.05) is 24.4 Å². The summed E-state index contributed by atoms with van der Waals surface area (Å²) >= 11 is 6.06. The van der Waals surface area contributed by atoms with Crippen LogP contribution in [0.4, 0.5) is 0 Å². The van der Waals surface area contributed by atoms with Crippen molar-refractivity contribution < 1.29 is 4.79 Å². The molecular formula is C18H24ClN3O. The van der Waals surface area contributed by atoms with E-state index in [2.05, 4.69) is 15.6 Å². The molecule has 0 aliphatic carbocycles. The molecule has 1 saturated heterocycles. The highest BCUT2D eigenvalue weighted by Gasteiger charge is 2.14. The van der Waals surface area contributed by atoms with Crippen molar-refractivity contribution >= 4 is 28.4 Å². The summed E-state index contributed by atoms with van der Waals surface area (Å²) in [4.78, 5) is 15.2. The van der Waals surface area contributed by atoms with Gasteiger partial charge in [0.1, 0.15) is 0 Å². The van der Waals surface area contributed by atoms with Gasteiger partial charge in [0.15, 0.2) is 0 Å². The van der Waals surface area contributed by atoms with E-state index in [-0.39, 0.29) is 5.91 Å². The molecule has 0 bridgehead atoms. The summed E-state index contributed by atoms with van der Waals surface area (Å²) in [6.45, 7) is 2.86. The minimum atomic E-state index is 0.168. The Labute approximate surface area is 142 Å². The number of nitrogens with one attached hydrogen (secondary N) is 3. The van der Waals surface area contributed by atoms with Crippen molar-refractivity contribution in [3.8, 4) is 0 Å². The Balaban J connectivity index is 1.43. The smallest absolute Gasteiger partial charge is 0.220 e. The topological polar surface area (TPSA) is 56.9 Å². The zero-order valence-electron chi connectivity index (χ0n) is 13.3. The van der Waals surface area contributed by atoms with E-state index in [4.69, 9.17) is 11.6 Å². The Bertz CT molecular complexity index is 661. The lowest BCUT2D eigenvalue weighted by Crippen LogP contribution is -2.30. The van der Waals surface area contributed by atoms with Gasteiger partial charge < -0.3 is 15.6 Å². The zero-order chi connectivity index (χ0) is 16.1. The quantitative estimate of drug-likeness (QED) is 0.760. The van der Waals surface area contributed by atoms with Gasteiger partial charge in [-0.15, -0.1) is 0 Å². The van der Waals surface area contributed by atoms with Gasteiger partial charge in [-0.25, -0.2) is 0 Å². The number of fused-ring (bicyclic) bond motifs is 1. The van der Waals surface area contributed by atoms with Crippen LogP contribution in [-0.2, 0) is 11.2 Å². The molecule has 2 heterocycles. The third-order valence-electron chi connectivity index (χ3n) is 4.68. The molecule has 1 aromatic carbocycles. The minimum absolute atomic E-state index is 0.168. The summed E-state index contributed by atoms with van der Waals surface area (Å²) in [6, 6.07) is 5.84. The summed E-state index contributed by atoms with van der Waals surface area (Å²) < 4.78 is 0. The average molecular weight is 334 g/mol. The van der Waals surface area contributed by atoms with Crippen LogP contribution in [0.5, 0.6) is 0 Å². The summed E-state index contributed by atoms with van der Waals surface area (Å²) in [5, 5.41) is 8.28. The fourth-order valence-corrected chi connectivity index (χ4v) is 3.46. The largest absolute Gasteiger partial charge is 0.361 e. The third kappa shape index (κ3) is 4.49. The molecule has 0 unspecified atom stereocenters. The first-order valence-corrected chi connectivity index (χ1v) is 8.83. The molecular weight excluding hydrogens is 310 g/mol. The van der Waals surface area contributed by atoms with Crippen molar-refractivity contribution in [2.45, 2.75) is 32.1 Å². The van der Waals surface area contributed by atoms with Crippen molar-refractivity contribution in [3.05, 3.63) is 35.0 Å². The van der Waals surface area contributed by atoms with Crippen LogP contribution in [0.2, 0.25) is 5.02 Å². The lowest BCUT2D eigenvalue weighted by Gasteiger charge is -2.22. The lowest BCUT2D eigenvalue weighted by molar-refractivity contribution is -0.121. The van der Waals surface area contributed by atoms with Gasteiger partial charge in [0.05, 0.1) is 0 Å². The van der Waals surface area contributed by atoms with E-state index >= 15 is 0 Å². The number of carbonyl (C=O) groups is 1. The van der Waals surface area contributed by atoms with Crippen LogP contribution in [0, 0.1) is 5.92 Å². The first-order chi connectivity index (χ1) is 11.2.